The molecule has 1 unspecified atom stereocenters. The van der Waals surface area contributed by atoms with Gasteiger partial charge in [-0.2, -0.15) is 0 Å². The highest BCUT2D eigenvalue weighted by molar-refractivity contribution is 6.30. The van der Waals surface area contributed by atoms with E-state index in [0.717, 1.165) is 22.6 Å². The van der Waals surface area contributed by atoms with Gasteiger partial charge in [0.2, 0.25) is 0 Å². The molecule has 28 heavy (non-hydrogen) atoms. The van der Waals surface area contributed by atoms with Gasteiger partial charge in [-0.3, -0.25) is 4.79 Å². The Balaban J connectivity index is 1.83. The van der Waals surface area contributed by atoms with Gasteiger partial charge in [0, 0.05) is 10.6 Å². The average Bonchev–Trinajstić information content (AvgIpc) is 2.74. The van der Waals surface area contributed by atoms with Gasteiger partial charge in [0.15, 0.2) is 0 Å². The van der Waals surface area contributed by atoms with E-state index >= 15 is 0 Å². The number of hydrogen-bond donors (Lipinski definition) is 1. The van der Waals surface area contributed by atoms with Crippen LogP contribution in [0.4, 0.5) is 0 Å². The quantitative estimate of drug-likeness (QED) is 0.607. The molecule has 4 nitrogen and oxygen atoms in total. The van der Waals surface area contributed by atoms with Crippen molar-refractivity contribution >= 4 is 17.5 Å². The van der Waals surface area contributed by atoms with Crippen LogP contribution >= 0.6 is 11.6 Å². The first kappa shape index (κ1) is 19.8. The van der Waals surface area contributed by atoms with Gasteiger partial charge in [-0.15, -0.1) is 0 Å². The zero-order valence-electron chi connectivity index (χ0n) is 15.8. The second-order valence-electron chi connectivity index (χ2n) is 6.36. The summed E-state index contributed by atoms with van der Waals surface area (Å²) in [6.07, 6.45) is 0.648. The molecule has 0 saturated carbocycles. The second-order valence-corrected chi connectivity index (χ2v) is 6.79. The molecule has 0 aromatic heterocycles. The molecule has 0 aliphatic heterocycles. The Morgan fingerprint density at radius 2 is 1.39 bits per heavy atom. The summed E-state index contributed by atoms with van der Waals surface area (Å²) in [5.74, 6) is 1.43. The van der Waals surface area contributed by atoms with Crippen LogP contribution in [0.25, 0.3) is 0 Å². The summed E-state index contributed by atoms with van der Waals surface area (Å²) >= 11 is 5.92. The van der Waals surface area contributed by atoms with Crippen molar-refractivity contribution < 1.29 is 14.3 Å². The minimum absolute atomic E-state index is 0.147. The number of carbonyl (C=O) groups excluding carboxylic acids is 1. The molecule has 0 heterocycles. The summed E-state index contributed by atoms with van der Waals surface area (Å²) in [6, 6.07) is 22.2. The van der Waals surface area contributed by atoms with E-state index < -0.39 is 0 Å². The molecule has 3 rings (SSSR count). The van der Waals surface area contributed by atoms with Crippen molar-refractivity contribution in [2.45, 2.75) is 12.5 Å². The van der Waals surface area contributed by atoms with E-state index in [0.29, 0.717) is 17.0 Å². The van der Waals surface area contributed by atoms with Crippen LogP contribution in [0.5, 0.6) is 11.5 Å². The number of rotatable bonds is 7. The number of carbonyl (C=O) groups is 1. The van der Waals surface area contributed by atoms with Crippen molar-refractivity contribution in [2.75, 3.05) is 14.2 Å². The van der Waals surface area contributed by atoms with Crippen molar-refractivity contribution in [3.05, 3.63) is 94.5 Å². The molecule has 3 aromatic rings. The highest BCUT2D eigenvalue weighted by atomic mass is 35.5. The van der Waals surface area contributed by atoms with E-state index in [4.69, 9.17) is 21.1 Å². The molecule has 5 heteroatoms. The standard InChI is InChI=1S/C23H22ClNO3/c1-27-20-11-3-16(4-12-20)15-22(17-7-13-21(28-2)14-8-17)25-23(26)18-5-9-19(24)10-6-18/h3-14,22H,15H2,1-2H3,(H,25,26). The molecule has 0 radical (unpaired) electrons. The van der Waals surface area contributed by atoms with Crippen LogP contribution in [0.15, 0.2) is 72.8 Å². The number of ether oxygens (including phenoxy) is 2. The Morgan fingerprint density at radius 1 is 0.857 bits per heavy atom. The minimum Gasteiger partial charge on any atom is -0.497 e. The van der Waals surface area contributed by atoms with E-state index in [-0.39, 0.29) is 11.9 Å². The van der Waals surface area contributed by atoms with Crippen molar-refractivity contribution in [3.63, 3.8) is 0 Å². The van der Waals surface area contributed by atoms with E-state index in [1.54, 1.807) is 38.5 Å². The smallest absolute Gasteiger partial charge is 0.251 e. The van der Waals surface area contributed by atoms with Crippen LogP contribution in [0.2, 0.25) is 5.02 Å². The predicted molar refractivity (Wildman–Crippen MR) is 111 cm³/mol. The third kappa shape index (κ3) is 5.05. The van der Waals surface area contributed by atoms with Gasteiger partial charge >= 0.3 is 0 Å². The highest BCUT2D eigenvalue weighted by Crippen LogP contribution is 2.23. The number of nitrogens with one attached hydrogen (secondary N) is 1. The van der Waals surface area contributed by atoms with E-state index in [2.05, 4.69) is 5.32 Å². The Labute approximate surface area is 170 Å². The number of benzene rings is 3. The van der Waals surface area contributed by atoms with Crippen molar-refractivity contribution in [2.24, 2.45) is 0 Å². The molecule has 0 spiro atoms. The lowest BCUT2D eigenvalue weighted by Gasteiger charge is -2.20. The lowest BCUT2D eigenvalue weighted by molar-refractivity contribution is 0.0936. The second kappa shape index (κ2) is 9.29. The summed E-state index contributed by atoms with van der Waals surface area (Å²) in [6.45, 7) is 0. The van der Waals surface area contributed by atoms with Crippen LogP contribution in [0.1, 0.15) is 27.5 Å². The highest BCUT2D eigenvalue weighted by Gasteiger charge is 2.17. The SMILES string of the molecule is COc1ccc(CC(NC(=O)c2ccc(Cl)cc2)c2ccc(OC)cc2)cc1. The van der Waals surface area contributed by atoms with E-state index in [9.17, 15) is 4.79 Å². The fourth-order valence-electron chi connectivity index (χ4n) is 2.93. The van der Waals surface area contributed by atoms with Gasteiger partial charge in [-0.05, 0) is 66.1 Å². The molecular formula is C23H22ClNO3. The molecule has 0 aliphatic carbocycles. The number of hydrogen-bond acceptors (Lipinski definition) is 3. The molecule has 3 aromatic carbocycles. The molecule has 144 valence electrons. The van der Waals surface area contributed by atoms with Gasteiger partial charge in [0.25, 0.3) is 5.91 Å². The number of methoxy groups -OCH3 is 2. The lowest BCUT2D eigenvalue weighted by Crippen LogP contribution is -2.30. The van der Waals surface area contributed by atoms with Crippen LogP contribution in [0, 0.1) is 0 Å². The monoisotopic (exact) mass is 395 g/mol. The summed E-state index contributed by atoms with van der Waals surface area (Å²) < 4.78 is 10.5. The maximum atomic E-state index is 12.8. The first-order valence-corrected chi connectivity index (χ1v) is 9.30. The minimum atomic E-state index is -0.192. The zero-order chi connectivity index (χ0) is 19.9. The fourth-order valence-corrected chi connectivity index (χ4v) is 3.05. The van der Waals surface area contributed by atoms with Gasteiger partial charge in [0.05, 0.1) is 20.3 Å². The Bertz CT molecular complexity index is 906. The van der Waals surface area contributed by atoms with Crippen molar-refractivity contribution in [1.29, 1.82) is 0 Å². The molecule has 1 N–H and O–H groups in total. The molecule has 0 bridgehead atoms. The maximum absolute atomic E-state index is 12.8. The Hall–Kier alpha value is -2.98. The first-order valence-electron chi connectivity index (χ1n) is 8.92. The van der Waals surface area contributed by atoms with Gasteiger partial charge in [-0.1, -0.05) is 35.9 Å². The van der Waals surface area contributed by atoms with Crippen LogP contribution in [-0.4, -0.2) is 20.1 Å². The maximum Gasteiger partial charge on any atom is 0.251 e. The number of halogens is 1. The molecule has 0 fully saturated rings. The van der Waals surface area contributed by atoms with Crippen molar-refractivity contribution in [1.82, 2.24) is 5.32 Å². The van der Waals surface area contributed by atoms with Gasteiger partial charge < -0.3 is 14.8 Å². The largest absolute Gasteiger partial charge is 0.497 e. The molecule has 0 aliphatic rings. The summed E-state index contributed by atoms with van der Waals surface area (Å²) in [7, 11) is 3.27. The predicted octanol–water partition coefficient (Wildman–Crippen LogP) is 5.07. The summed E-state index contributed by atoms with van der Waals surface area (Å²) in [4.78, 5) is 12.8. The van der Waals surface area contributed by atoms with Gasteiger partial charge in [-0.25, -0.2) is 0 Å². The third-order valence-corrected chi connectivity index (χ3v) is 4.78. The lowest BCUT2D eigenvalue weighted by atomic mass is 9.98. The summed E-state index contributed by atoms with van der Waals surface area (Å²) in [5.41, 5.74) is 2.66. The molecule has 1 amide bonds. The Kier molecular flexibility index (Phi) is 6.56. The van der Waals surface area contributed by atoms with E-state index in [1.165, 1.54) is 0 Å². The summed E-state index contributed by atoms with van der Waals surface area (Å²) in [5, 5.41) is 3.73. The normalized spacial score (nSPS) is 11.5. The first-order chi connectivity index (χ1) is 13.6. The average molecular weight is 396 g/mol. The molecular weight excluding hydrogens is 374 g/mol. The van der Waals surface area contributed by atoms with Crippen molar-refractivity contribution in [3.8, 4) is 11.5 Å². The van der Waals surface area contributed by atoms with E-state index in [1.807, 2.05) is 48.5 Å². The zero-order valence-corrected chi connectivity index (χ0v) is 16.6. The van der Waals surface area contributed by atoms with Crippen LogP contribution in [-0.2, 0) is 6.42 Å². The Morgan fingerprint density at radius 3 is 1.93 bits per heavy atom. The fraction of sp³-hybridized carbons (Fsp3) is 0.174. The van der Waals surface area contributed by atoms with Crippen LogP contribution in [0.3, 0.4) is 0 Å². The topological polar surface area (TPSA) is 47.6 Å². The molecule has 1 atom stereocenters. The number of amides is 1. The molecule has 0 saturated heterocycles. The third-order valence-electron chi connectivity index (χ3n) is 4.53. The van der Waals surface area contributed by atoms with Crippen LogP contribution < -0.4 is 14.8 Å². The van der Waals surface area contributed by atoms with Gasteiger partial charge in [0.1, 0.15) is 11.5 Å².